The van der Waals surface area contributed by atoms with E-state index in [4.69, 9.17) is 4.43 Å². The van der Waals surface area contributed by atoms with Crippen molar-refractivity contribution in [1.82, 2.24) is 0 Å². The molecule has 0 aromatic rings. The monoisotopic (exact) mass is 253 g/mol. The first-order valence-corrected chi connectivity index (χ1v) is 9.64. The first-order valence-electron chi connectivity index (χ1n) is 6.73. The largest absolute Gasteiger partial charge is 0.399 e. The van der Waals surface area contributed by atoms with Gasteiger partial charge in [0, 0.05) is 0 Å². The summed E-state index contributed by atoms with van der Waals surface area (Å²) in [5.74, 6) is 0.619. The molecule has 1 rings (SSSR count). The van der Waals surface area contributed by atoms with E-state index in [-0.39, 0.29) is 5.04 Å². The molecule has 1 aliphatic carbocycles. The molecule has 0 aromatic carbocycles. The number of hydrogen-bond donors (Lipinski definition) is 0. The van der Waals surface area contributed by atoms with Crippen LogP contribution in [0.3, 0.4) is 0 Å². The molecular weight excluding hydrogens is 226 g/mol. The molecular formula is C14H27NOSi. The van der Waals surface area contributed by atoms with Gasteiger partial charge in [-0.1, -0.05) is 34.1 Å². The Morgan fingerprint density at radius 2 is 1.94 bits per heavy atom. The molecule has 1 saturated carbocycles. The molecule has 0 aliphatic heterocycles. The lowest BCUT2D eigenvalue weighted by molar-refractivity contribution is 0.0498. The Morgan fingerprint density at radius 1 is 1.35 bits per heavy atom. The van der Waals surface area contributed by atoms with Crippen LogP contribution in [0.1, 0.15) is 53.4 Å². The van der Waals surface area contributed by atoms with E-state index in [9.17, 15) is 5.26 Å². The maximum absolute atomic E-state index is 9.54. The molecule has 3 heteroatoms. The van der Waals surface area contributed by atoms with E-state index in [1.807, 2.05) is 0 Å². The standard InChI is InChI=1S/C14H27NOSi/c1-12-8-7-9-14(10-12,11-15)16-17(5,6)13(2,3)4/h12H,7-10H2,1-6H3/t12-,14?/m1/s1. The second-order valence-electron chi connectivity index (χ2n) is 7.17. The van der Waals surface area contributed by atoms with Gasteiger partial charge in [-0.25, -0.2) is 0 Å². The third-order valence-corrected chi connectivity index (χ3v) is 8.93. The van der Waals surface area contributed by atoms with E-state index < -0.39 is 13.9 Å². The van der Waals surface area contributed by atoms with Crippen molar-refractivity contribution < 1.29 is 4.43 Å². The van der Waals surface area contributed by atoms with Gasteiger partial charge in [0.05, 0.1) is 6.07 Å². The average molecular weight is 253 g/mol. The van der Waals surface area contributed by atoms with Gasteiger partial charge in [-0.15, -0.1) is 0 Å². The predicted molar refractivity (Wildman–Crippen MR) is 74.3 cm³/mol. The number of hydrogen-bond acceptors (Lipinski definition) is 2. The van der Waals surface area contributed by atoms with Crippen LogP contribution >= 0.6 is 0 Å². The van der Waals surface area contributed by atoms with Crippen LogP contribution in [0.25, 0.3) is 0 Å². The second kappa shape index (κ2) is 4.74. The molecule has 0 amide bonds. The van der Waals surface area contributed by atoms with E-state index in [1.54, 1.807) is 0 Å². The molecule has 1 fully saturated rings. The van der Waals surface area contributed by atoms with Crippen molar-refractivity contribution in [1.29, 1.82) is 5.26 Å². The Kier molecular flexibility index (Phi) is 4.11. The van der Waals surface area contributed by atoms with Crippen molar-refractivity contribution in [2.24, 2.45) is 5.92 Å². The maximum Gasteiger partial charge on any atom is 0.194 e. The van der Waals surface area contributed by atoms with Crippen LogP contribution in [0.4, 0.5) is 0 Å². The Labute approximate surface area is 107 Å². The molecule has 0 spiro atoms. The van der Waals surface area contributed by atoms with Crippen LogP contribution in [0, 0.1) is 17.2 Å². The molecule has 0 bridgehead atoms. The van der Waals surface area contributed by atoms with Gasteiger partial charge in [0.15, 0.2) is 8.32 Å². The number of rotatable bonds is 2. The smallest absolute Gasteiger partial charge is 0.194 e. The normalized spacial score (nSPS) is 31.0. The molecule has 2 atom stereocenters. The van der Waals surface area contributed by atoms with E-state index in [2.05, 4.69) is 46.9 Å². The number of nitrogens with zero attached hydrogens (tertiary/aromatic N) is 1. The summed E-state index contributed by atoms with van der Waals surface area (Å²) in [5, 5.41) is 9.71. The van der Waals surface area contributed by atoms with Crippen molar-refractivity contribution in [2.45, 2.75) is 77.1 Å². The summed E-state index contributed by atoms with van der Waals surface area (Å²) in [6.45, 7) is 13.4. The van der Waals surface area contributed by atoms with E-state index in [1.165, 1.54) is 6.42 Å². The van der Waals surface area contributed by atoms with Gasteiger partial charge in [-0.3, -0.25) is 0 Å². The van der Waals surface area contributed by atoms with Gasteiger partial charge in [-0.2, -0.15) is 5.26 Å². The van der Waals surface area contributed by atoms with Crippen LogP contribution in [-0.2, 0) is 4.43 Å². The van der Waals surface area contributed by atoms with Gasteiger partial charge < -0.3 is 4.43 Å². The minimum Gasteiger partial charge on any atom is -0.399 e. The Morgan fingerprint density at radius 3 is 2.35 bits per heavy atom. The SMILES string of the molecule is C[C@@H]1CCCC(C#N)(O[Si](C)(C)C(C)(C)C)C1. The summed E-state index contributed by atoms with van der Waals surface area (Å²) < 4.78 is 6.43. The molecule has 98 valence electrons. The predicted octanol–water partition coefficient (Wildman–Crippen LogP) is 4.48. The fourth-order valence-electron chi connectivity index (χ4n) is 2.36. The minimum absolute atomic E-state index is 0.178. The van der Waals surface area contributed by atoms with Crippen LogP contribution < -0.4 is 0 Å². The molecule has 2 nitrogen and oxygen atoms in total. The fourth-order valence-corrected chi connectivity index (χ4v) is 3.88. The summed E-state index contributed by atoms with van der Waals surface area (Å²) in [5.41, 5.74) is -0.499. The highest BCUT2D eigenvalue weighted by Gasteiger charge is 2.46. The molecule has 1 aliphatic rings. The molecule has 1 unspecified atom stereocenters. The molecule has 0 heterocycles. The van der Waals surface area contributed by atoms with Gasteiger partial charge in [-0.05, 0) is 43.3 Å². The van der Waals surface area contributed by atoms with E-state index in [0.717, 1.165) is 19.3 Å². The van der Waals surface area contributed by atoms with Crippen molar-refractivity contribution in [3.05, 3.63) is 0 Å². The Hall–Kier alpha value is -0.333. The molecule has 17 heavy (non-hydrogen) atoms. The van der Waals surface area contributed by atoms with Crippen LogP contribution in [-0.4, -0.2) is 13.9 Å². The van der Waals surface area contributed by atoms with Crippen molar-refractivity contribution >= 4 is 8.32 Å². The first kappa shape index (κ1) is 14.7. The summed E-state index contributed by atoms with van der Waals surface area (Å²) >= 11 is 0. The quantitative estimate of drug-likeness (QED) is 0.680. The molecule has 0 saturated heterocycles. The maximum atomic E-state index is 9.54. The number of nitriles is 1. The highest BCUT2D eigenvalue weighted by Crippen LogP contribution is 2.43. The Bertz CT molecular complexity index is 313. The highest BCUT2D eigenvalue weighted by molar-refractivity contribution is 6.74. The van der Waals surface area contributed by atoms with Gasteiger partial charge in [0.1, 0.15) is 5.60 Å². The van der Waals surface area contributed by atoms with Crippen LogP contribution in [0.5, 0.6) is 0 Å². The fraction of sp³-hybridized carbons (Fsp3) is 0.929. The zero-order valence-corrected chi connectivity index (χ0v) is 13.3. The first-order chi connectivity index (χ1) is 7.62. The third-order valence-electron chi connectivity index (χ3n) is 4.42. The summed E-state index contributed by atoms with van der Waals surface area (Å²) in [6.07, 6.45) is 4.20. The lowest BCUT2D eigenvalue weighted by atomic mass is 9.80. The van der Waals surface area contributed by atoms with Crippen LogP contribution in [0.2, 0.25) is 18.1 Å². The Balaban J connectivity index is 2.87. The van der Waals surface area contributed by atoms with E-state index in [0.29, 0.717) is 5.92 Å². The minimum atomic E-state index is -1.84. The lowest BCUT2D eigenvalue weighted by Crippen LogP contribution is -2.50. The van der Waals surface area contributed by atoms with Gasteiger partial charge >= 0.3 is 0 Å². The van der Waals surface area contributed by atoms with Gasteiger partial charge in [0.25, 0.3) is 0 Å². The zero-order chi connectivity index (χ0) is 13.3. The van der Waals surface area contributed by atoms with Crippen molar-refractivity contribution in [3.63, 3.8) is 0 Å². The molecule has 0 aromatic heterocycles. The zero-order valence-electron chi connectivity index (χ0n) is 12.3. The van der Waals surface area contributed by atoms with Crippen molar-refractivity contribution in [3.8, 4) is 6.07 Å². The summed E-state index contributed by atoms with van der Waals surface area (Å²) in [6, 6.07) is 2.49. The van der Waals surface area contributed by atoms with Crippen molar-refractivity contribution in [2.75, 3.05) is 0 Å². The van der Waals surface area contributed by atoms with Gasteiger partial charge in [0.2, 0.25) is 0 Å². The van der Waals surface area contributed by atoms with E-state index >= 15 is 0 Å². The molecule has 0 radical (unpaired) electrons. The summed E-state index contributed by atoms with van der Waals surface area (Å²) in [4.78, 5) is 0. The molecule has 0 N–H and O–H groups in total. The topological polar surface area (TPSA) is 33.0 Å². The van der Waals surface area contributed by atoms with Crippen LogP contribution in [0.15, 0.2) is 0 Å². The summed E-state index contributed by atoms with van der Waals surface area (Å²) in [7, 11) is -1.84. The second-order valence-corrected chi connectivity index (χ2v) is 11.9. The third kappa shape index (κ3) is 3.32. The highest BCUT2D eigenvalue weighted by atomic mass is 28.4. The average Bonchev–Trinajstić information content (AvgIpc) is 2.15. The lowest BCUT2D eigenvalue weighted by Gasteiger charge is -2.45.